The number of nitrogens with zero attached hydrogens (tertiary/aromatic N) is 4. The topological polar surface area (TPSA) is 156 Å². The number of aliphatic imine (C=N–C) groups is 1. The van der Waals surface area contributed by atoms with Gasteiger partial charge in [0.15, 0.2) is 0 Å². The quantitative estimate of drug-likeness (QED) is 0.356. The molecular formula is C28H30N8O2. The number of nitrogens with one attached hydrogen (secondary N) is 2. The summed E-state index contributed by atoms with van der Waals surface area (Å²) < 4.78 is 5.86. The lowest BCUT2D eigenvalue weighted by molar-refractivity contribution is -0.134. The van der Waals surface area contributed by atoms with Crippen LogP contribution in [-0.4, -0.2) is 58.0 Å². The second kappa shape index (κ2) is 11.1. The largest absolute Gasteiger partial charge is 0.457 e. The Labute approximate surface area is 221 Å². The Kier molecular flexibility index (Phi) is 7.30. The Morgan fingerprint density at radius 2 is 1.82 bits per heavy atom. The van der Waals surface area contributed by atoms with Gasteiger partial charge in [-0.3, -0.25) is 15.2 Å². The minimum Gasteiger partial charge on any atom is -0.457 e. The average molecular weight is 511 g/mol. The summed E-state index contributed by atoms with van der Waals surface area (Å²) in [5, 5.41) is 12.3. The average Bonchev–Trinajstić information content (AvgIpc) is 2.94. The first-order chi connectivity index (χ1) is 18.5. The van der Waals surface area contributed by atoms with Gasteiger partial charge in [-0.1, -0.05) is 24.3 Å². The van der Waals surface area contributed by atoms with Crippen molar-refractivity contribution in [1.82, 2.24) is 14.9 Å². The van der Waals surface area contributed by atoms with E-state index in [9.17, 15) is 4.79 Å². The zero-order chi connectivity index (χ0) is 26.5. The minimum absolute atomic E-state index is 0.0389. The lowest BCUT2D eigenvalue weighted by Gasteiger charge is -2.35. The molecule has 10 nitrogen and oxygen atoms in total. The van der Waals surface area contributed by atoms with Crippen LogP contribution >= 0.6 is 0 Å². The highest BCUT2D eigenvalue weighted by atomic mass is 16.5. The second-order valence-corrected chi connectivity index (χ2v) is 9.30. The van der Waals surface area contributed by atoms with Crippen molar-refractivity contribution < 1.29 is 9.53 Å². The van der Waals surface area contributed by atoms with E-state index in [1.165, 1.54) is 6.33 Å². The normalized spacial score (nSPS) is 18.9. The van der Waals surface area contributed by atoms with Crippen molar-refractivity contribution in [2.45, 2.75) is 18.9 Å². The molecule has 2 aliphatic heterocycles. The first kappa shape index (κ1) is 24.9. The molecule has 194 valence electrons. The van der Waals surface area contributed by atoms with E-state index < -0.39 is 0 Å². The molecular weight excluding hydrogens is 480 g/mol. The lowest BCUT2D eigenvalue weighted by atomic mass is 9.99. The smallest absolute Gasteiger partial charge is 0.231 e. The molecule has 10 heteroatoms. The monoisotopic (exact) mass is 510 g/mol. The summed E-state index contributed by atoms with van der Waals surface area (Å²) in [6.07, 6.45) is 6.60. The number of ether oxygens (including phenoxy) is 1. The first-order valence-electron chi connectivity index (χ1n) is 12.5. The Bertz CT molecular complexity index is 1370. The number of benzene rings is 2. The maximum atomic E-state index is 13.1. The molecule has 1 fully saturated rings. The minimum atomic E-state index is -0.298. The summed E-state index contributed by atoms with van der Waals surface area (Å²) in [7, 11) is 0. The van der Waals surface area contributed by atoms with Crippen molar-refractivity contribution in [2.24, 2.45) is 16.6 Å². The van der Waals surface area contributed by atoms with Gasteiger partial charge < -0.3 is 26.4 Å². The fourth-order valence-corrected chi connectivity index (χ4v) is 4.63. The molecule has 2 aromatic carbocycles. The Hall–Kier alpha value is -4.73. The lowest BCUT2D eigenvalue weighted by Crippen LogP contribution is -2.48. The molecule has 38 heavy (non-hydrogen) atoms. The molecule has 0 saturated carbocycles. The van der Waals surface area contributed by atoms with E-state index in [4.69, 9.17) is 21.6 Å². The van der Waals surface area contributed by atoms with Crippen LogP contribution in [0.15, 0.2) is 78.1 Å². The summed E-state index contributed by atoms with van der Waals surface area (Å²) in [4.78, 5) is 27.6. The van der Waals surface area contributed by atoms with Crippen LogP contribution in [0.25, 0.3) is 0 Å². The van der Waals surface area contributed by atoms with Gasteiger partial charge >= 0.3 is 0 Å². The Morgan fingerprint density at radius 1 is 1.05 bits per heavy atom. The summed E-state index contributed by atoms with van der Waals surface area (Å²) in [5.41, 5.74) is 13.2. The number of hydrogen-bond acceptors (Lipinski definition) is 9. The van der Waals surface area contributed by atoms with Crippen molar-refractivity contribution in [3.05, 3.63) is 84.2 Å². The van der Waals surface area contributed by atoms with Crippen LogP contribution < -0.4 is 21.5 Å². The number of rotatable bonds is 7. The third kappa shape index (κ3) is 5.64. The number of carbonyl (C=O) groups is 1. The van der Waals surface area contributed by atoms with Crippen LogP contribution in [0.3, 0.4) is 0 Å². The first-order valence-corrected chi connectivity index (χ1v) is 12.5. The summed E-state index contributed by atoms with van der Waals surface area (Å²) in [5.74, 6) is 2.27. The molecule has 0 aliphatic carbocycles. The number of likely N-dealkylation sites (tertiary alicyclic amines) is 1. The summed E-state index contributed by atoms with van der Waals surface area (Å²) >= 11 is 0. The molecule has 2 aliphatic rings. The van der Waals surface area contributed by atoms with E-state index in [0.717, 1.165) is 18.6 Å². The van der Waals surface area contributed by atoms with Crippen molar-refractivity contribution in [3.8, 4) is 11.5 Å². The standard InChI is InChI=1S/C28H30N8O2/c29-23-13-10-19(15-32-23)28(37)36-14-4-5-20(16-36)35-27-24(26(31)33-17-34-27)25(30)18-8-11-22(12-9-18)38-21-6-2-1-3-7-21/h1-3,6-13,17,19-20,30H,4-5,14-16H2,(H2,29,32)(H3,31,33,34,35). The van der Waals surface area contributed by atoms with E-state index in [2.05, 4.69) is 20.3 Å². The van der Waals surface area contributed by atoms with Crippen LogP contribution in [0.4, 0.5) is 11.6 Å². The summed E-state index contributed by atoms with van der Waals surface area (Å²) in [6, 6.07) is 16.7. The SMILES string of the molecule is N=C(c1ccc(Oc2ccccc2)cc1)c1c(N)ncnc1NC1CCCN(C(=O)C2C=CC(N)=NC2)C1. The molecule has 3 aromatic rings. The van der Waals surface area contributed by atoms with E-state index >= 15 is 0 Å². The number of amidine groups is 1. The van der Waals surface area contributed by atoms with Crippen LogP contribution in [0.1, 0.15) is 24.0 Å². The molecule has 0 spiro atoms. The number of carbonyl (C=O) groups excluding carboxylic acids is 1. The van der Waals surface area contributed by atoms with Crippen LogP contribution in [0.5, 0.6) is 11.5 Å². The fraction of sp³-hybridized carbons (Fsp3) is 0.250. The summed E-state index contributed by atoms with van der Waals surface area (Å²) in [6.45, 7) is 1.58. The fourth-order valence-electron chi connectivity index (χ4n) is 4.63. The number of nitrogen functional groups attached to an aromatic ring is 1. The molecule has 1 saturated heterocycles. The number of aromatic nitrogens is 2. The molecule has 5 rings (SSSR count). The zero-order valence-corrected chi connectivity index (χ0v) is 20.9. The molecule has 2 unspecified atom stereocenters. The Balaban J connectivity index is 1.29. The van der Waals surface area contributed by atoms with Gasteiger partial charge in [0, 0.05) is 24.7 Å². The van der Waals surface area contributed by atoms with Crippen molar-refractivity contribution in [2.75, 3.05) is 30.7 Å². The predicted octanol–water partition coefficient (Wildman–Crippen LogP) is 3.21. The highest BCUT2D eigenvalue weighted by molar-refractivity contribution is 6.16. The maximum absolute atomic E-state index is 13.1. The van der Waals surface area contributed by atoms with Gasteiger partial charge in [-0.05, 0) is 55.3 Å². The molecule has 6 N–H and O–H groups in total. The van der Waals surface area contributed by atoms with E-state index in [0.29, 0.717) is 48.2 Å². The van der Waals surface area contributed by atoms with Gasteiger partial charge in [-0.15, -0.1) is 0 Å². The number of para-hydroxylation sites is 1. The predicted molar refractivity (Wildman–Crippen MR) is 148 cm³/mol. The molecule has 1 amide bonds. The molecule has 2 atom stereocenters. The third-order valence-electron chi connectivity index (χ3n) is 6.61. The highest BCUT2D eigenvalue weighted by Crippen LogP contribution is 2.27. The maximum Gasteiger partial charge on any atom is 0.231 e. The molecule has 3 heterocycles. The van der Waals surface area contributed by atoms with E-state index in [1.807, 2.05) is 65.6 Å². The van der Waals surface area contributed by atoms with Gasteiger partial charge in [0.25, 0.3) is 0 Å². The van der Waals surface area contributed by atoms with Crippen molar-refractivity contribution in [1.29, 1.82) is 5.41 Å². The Morgan fingerprint density at radius 3 is 2.55 bits per heavy atom. The second-order valence-electron chi connectivity index (χ2n) is 9.30. The van der Waals surface area contributed by atoms with Gasteiger partial charge in [-0.2, -0.15) is 0 Å². The van der Waals surface area contributed by atoms with E-state index in [1.54, 1.807) is 6.08 Å². The van der Waals surface area contributed by atoms with E-state index in [-0.39, 0.29) is 29.4 Å². The van der Waals surface area contributed by atoms with Crippen LogP contribution in [0.2, 0.25) is 0 Å². The van der Waals surface area contributed by atoms with Crippen LogP contribution in [0, 0.1) is 11.3 Å². The van der Waals surface area contributed by atoms with Gasteiger partial charge in [-0.25, -0.2) is 9.97 Å². The van der Waals surface area contributed by atoms with Crippen LogP contribution in [-0.2, 0) is 4.79 Å². The highest BCUT2D eigenvalue weighted by Gasteiger charge is 2.29. The number of anilines is 2. The molecule has 1 aromatic heterocycles. The third-order valence-corrected chi connectivity index (χ3v) is 6.61. The van der Waals surface area contributed by atoms with Gasteiger partial charge in [0.05, 0.1) is 23.7 Å². The number of amides is 1. The number of hydrogen-bond donors (Lipinski definition) is 4. The number of dihydropyridines is 1. The van der Waals surface area contributed by atoms with Gasteiger partial charge in [0.2, 0.25) is 5.91 Å². The number of nitrogens with two attached hydrogens (primary N) is 2. The molecule has 0 bridgehead atoms. The van der Waals surface area contributed by atoms with Crippen molar-refractivity contribution in [3.63, 3.8) is 0 Å². The van der Waals surface area contributed by atoms with Gasteiger partial charge in [0.1, 0.15) is 35.3 Å². The molecule has 0 radical (unpaired) electrons. The zero-order valence-electron chi connectivity index (χ0n) is 20.9. The number of piperidine rings is 1. The van der Waals surface area contributed by atoms with Crippen molar-refractivity contribution >= 4 is 29.1 Å².